The van der Waals surface area contributed by atoms with Gasteiger partial charge < -0.3 is 4.74 Å². The van der Waals surface area contributed by atoms with Gasteiger partial charge in [-0.25, -0.2) is 9.67 Å². The highest BCUT2D eigenvalue weighted by molar-refractivity contribution is 6.24. The molecule has 6 nitrogen and oxygen atoms in total. The molecule has 0 N–H and O–H groups in total. The zero-order valence-corrected chi connectivity index (χ0v) is 17.8. The van der Waals surface area contributed by atoms with E-state index in [1.54, 1.807) is 29.5 Å². The molecule has 0 spiro atoms. The van der Waals surface area contributed by atoms with Crippen molar-refractivity contribution in [2.75, 3.05) is 7.11 Å². The molecule has 30 heavy (non-hydrogen) atoms. The van der Waals surface area contributed by atoms with E-state index in [-0.39, 0.29) is 11.3 Å². The van der Waals surface area contributed by atoms with Crippen LogP contribution in [0.1, 0.15) is 25.1 Å². The second-order valence-electron chi connectivity index (χ2n) is 6.99. The molecule has 1 aromatic heterocycles. The fourth-order valence-corrected chi connectivity index (χ4v) is 3.24. The number of carbonyl (C=O) groups is 1. The summed E-state index contributed by atoms with van der Waals surface area (Å²) in [5.74, 6) is 0.618. The van der Waals surface area contributed by atoms with Gasteiger partial charge in [0.1, 0.15) is 5.75 Å². The normalized spacial score (nSPS) is 12.2. The van der Waals surface area contributed by atoms with E-state index in [2.05, 4.69) is 4.99 Å². The number of ketones is 1. The van der Waals surface area contributed by atoms with Crippen LogP contribution in [0.2, 0.25) is 0 Å². The van der Waals surface area contributed by atoms with Gasteiger partial charge in [-0.1, -0.05) is 30.3 Å². The SMILES string of the molecule is COc1ccc(/C=C(/C(C)=O)C(C)=Nc2c(C)n(C)n(-c3ccccc3)c2=O)cc1. The summed E-state index contributed by atoms with van der Waals surface area (Å²) < 4.78 is 8.51. The molecule has 0 saturated carbocycles. The van der Waals surface area contributed by atoms with Crippen LogP contribution in [0, 0.1) is 6.92 Å². The molecule has 0 radical (unpaired) electrons. The number of methoxy groups -OCH3 is 1. The summed E-state index contributed by atoms with van der Waals surface area (Å²) >= 11 is 0. The highest BCUT2D eigenvalue weighted by Crippen LogP contribution is 2.20. The molecule has 0 saturated heterocycles. The lowest BCUT2D eigenvalue weighted by molar-refractivity contribution is -0.113. The maximum atomic E-state index is 13.1. The summed E-state index contributed by atoms with van der Waals surface area (Å²) in [6.45, 7) is 5.08. The zero-order chi connectivity index (χ0) is 21.8. The number of hydrogen-bond donors (Lipinski definition) is 0. The molecule has 0 bridgehead atoms. The van der Waals surface area contributed by atoms with E-state index in [0.717, 1.165) is 22.7 Å². The largest absolute Gasteiger partial charge is 0.497 e. The molecule has 0 fully saturated rings. The Balaban J connectivity index is 2.07. The summed E-state index contributed by atoms with van der Waals surface area (Å²) in [6.07, 6.45) is 1.77. The van der Waals surface area contributed by atoms with Crippen LogP contribution in [0.3, 0.4) is 0 Å². The first kappa shape index (κ1) is 21.0. The molecular weight excluding hydrogens is 378 g/mol. The van der Waals surface area contributed by atoms with Gasteiger partial charge in [0, 0.05) is 18.3 Å². The molecule has 6 heteroatoms. The minimum absolute atomic E-state index is 0.121. The highest BCUT2D eigenvalue weighted by Gasteiger charge is 2.17. The highest BCUT2D eigenvalue weighted by atomic mass is 16.5. The van der Waals surface area contributed by atoms with Gasteiger partial charge in [0.15, 0.2) is 11.5 Å². The van der Waals surface area contributed by atoms with Crippen molar-refractivity contribution in [1.29, 1.82) is 0 Å². The fraction of sp³-hybridized carbons (Fsp3) is 0.208. The fourth-order valence-electron chi connectivity index (χ4n) is 3.24. The van der Waals surface area contributed by atoms with Crippen LogP contribution in [0.4, 0.5) is 5.69 Å². The topological polar surface area (TPSA) is 65.6 Å². The third-order valence-corrected chi connectivity index (χ3v) is 5.00. The number of nitrogens with zero attached hydrogens (tertiary/aromatic N) is 3. The van der Waals surface area contributed by atoms with E-state index in [0.29, 0.717) is 17.0 Å². The molecule has 0 atom stereocenters. The Hall–Kier alpha value is -3.67. The second kappa shape index (κ2) is 8.78. The summed E-state index contributed by atoms with van der Waals surface area (Å²) in [7, 11) is 3.42. The third-order valence-electron chi connectivity index (χ3n) is 5.00. The first-order chi connectivity index (χ1) is 14.3. The Morgan fingerprint density at radius 1 is 1.03 bits per heavy atom. The van der Waals surface area contributed by atoms with Crippen LogP contribution < -0.4 is 10.3 Å². The molecule has 1 heterocycles. The van der Waals surface area contributed by atoms with Gasteiger partial charge in [0.2, 0.25) is 0 Å². The van der Waals surface area contributed by atoms with Crippen molar-refractivity contribution in [1.82, 2.24) is 9.36 Å². The lowest BCUT2D eigenvalue weighted by Crippen LogP contribution is -2.19. The van der Waals surface area contributed by atoms with E-state index in [1.165, 1.54) is 6.92 Å². The molecule has 0 amide bonds. The van der Waals surface area contributed by atoms with E-state index in [1.807, 2.05) is 68.6 Å². The van der Waals surface area contributed by atoms with Crippen molar-refractivity contribution < 1.29 is 9.53 Å². The standard InChI is InChI=1S/C24H25N3O3/c1-16(22(18(3)28)15-19-11-13-21(30-5)14-12-19)25-23-17(2)26(4)27(24(23)29)20-9-7-6-8-10-20/h6-15H,1-5H3/b22-15+,25-16?. The molecule has 0 unspecified atom stereocenters. The van der Waals surface area contributed by atoms with Crippen LogP contribution in [0.25, 0.3) is 11.8 Å². The number of Topliss-reactive ketones (excluding diaryl/α,β-unsaturated/α-hetero) is 1. The van der Waals surface area contributed by atoms with Crippen LogP contribution in [-0.4, -0.2) is 28.0 Å². The summed E-state index contributed by atoms with van der Waals surface area (Å²) in [5.41, 5.74) is 3.36. The number of aliphatic imine (C=N–C) groups is 1. The summed E-state index contributed by atoms with van der Waals surface area (Å²) in [6, 6.07) is 16.8. The zero-order valence-electron chi connectivity index (χ0n) is 17.8. The maximum absolute atomic E-state index is 13.1. The molecule has 2 aromatic carbocycles. The van der Waals surface area contributed by atoms with Crippen molar-refractivity contribution in [3.63, 3.8) is 0 Å². The lowest BCUT2D eigenvalue weighted by Gasteiger charge is -2.07. The third kappa shape index (κ3) is 4.17. The minimum atomic E-state index is -0.229. The summed E-state index contributed by atoms with van der Waals surface area (Å²) in [4.78, 5) is 30.0. The van der Waals surface area contributed by atoms with E-state index < -0.39 is 0 Å². The van der Waals surface area contributed by atoms with Gasteiger partial charge in [-0.2, -0.15) is 0 Å². The Morgan fingerprint density at radius 3 is 2.23 bits per heavy atom. The smallest absolute Gasteiger partial charge is 0.297 e. The molecule has 0 aliphatic heterocycles. The van der Waals surface area contributed by atoms with Gasteiger partial charge in [-0.3, -0.25) is 14.3 Å². The van der Waals surface area contributed by atoms with E-state index in [4.69, 9.17) is 4.74 Å². The molecule has 0 aliphatic carbocycles. The molecule has 0 aliphatic rings. The number of para-hydroxylation sites is 1. The molecular formula is C24H25N3O3. The van der Waals surface area contributed by atoms with Gasteiger partial charge in [-0.05, 0) is 56.7 Å². The van der Waals surface area contributed by atoms with Gasteiger partial charge in [-0.15, -0.1) is 0 Å². The molecule has 3 aromatic rings. The number of aromatic nitrogens is 2. The molecule has 154 valence electrons. The quantitative estimate of drug-likeness (QED) is 0.456. The van der Waals surface area contributed by atoms with E-state index in [9.17, 15) is 9.59 Å². The average Bonchev–Trinajstić information content (AvgIpc) is 2.95. The van der Waals surface area contributed by atoms with Gasteiger partial charge in [0.25, 0.3) is 5.56 Å². The first-order valence-corrected chi connectivity index (χ1v) is 9.60. The Morgan fingerprint density at radius 2 is 1.67 bits per heavy atom. The summed E-state index contributed by atoms with van der Waals surface area (Å²) in [5, 5.41) is 0. The number of carbonyl (C=O) groups excluding carboxylic acids is 1. The number of ether oxygens (including phenoxy) is 1. The predicted octanol–water partition coefficient (Wildman–Crippen LogP) is 4.26. The van der Waals surface area contributed by atoms with Crippen molar-refractivity contribution in [3.05, 3.63) is 81.8 Å². The number of allylic oxidation sites excluding steroid dienone is 1. The Labute approximate surface area is 175 Å². The average molecular weight is 403 g/mol. The van der Waals surface area contributed by atoms with E-state index >= 15 is 0 Å². The molecule has 3 rings (SSSR count). The van der Waals surface area contributed by atoms with Crippen LogP contribution in [0.5, 0.6) is 5.75 Å². The van der Waals surface area contributed by atoms with Crippen LogP contribution in [0.15, 0.2) is 70.0 Å². The minimum Gasteiger partial charge on any atom is -0.497 e. The van der Waals surface area contributed by atoms with Gasteiger partial charge in [0.05, 0.1) is 18.5 Å². The Kier molecular flexibility index (Phi) is 6.16. The second-order valence-corrected chi connectivity index (χ2v) is 6.99. The predicted molar refractivity (Wildman–Crippen MR) is 120 cm³/mol. The number of hydrogen-bond acceptors (Lipinski definition) is 4. The van der Waals surface area contributed by atoms with Crippen LogP contribution >= 0.6 is 0 Å². The number of rotatable bonds is 6. The lowest BCUT2D eigenvalue weighted by atomic mass is 10.0. The van der Waals surface area contributed by atoms with Crippen molar-refractivity contribution >= 4 is 23.3 Å². The van der Waals surface area contributed by atoms with Gasteiger partial charge >= 0.3 is 0 Å². The van der Waals surface area contributed by atoms with Crippen molar-refractivity contribution in [2.24, 2.45) is 12.0 Å². The van der Waals surface area contributed by atoms with Crippen LogP contribution in [-0.2, 0) is 11.8 Å². The number of benzene rings is 2. The maximum Gasteiger partial charge on any atom is 0.297 e. The van der Waals surface area contributed by atoms with Crippen molar-refractivity contribution in [3.8, 4) is 11.4 Å². The first-order valence-electron chi connectivity index (χ1n) is 9.60. The van der Waals surface area contributed by atoms with Crippen molar-refractivity contribution in [2.45, 2.75) is 20.8 Å². The monoisotopic (exact) mass is 403 g/mol. The Bertz CT molecular complexity index is 1180.